The number of carbonyl (C=O) groups is 1. The Bertz CT molecular complexity index is 1800. The monoisotopic (exact) mass is 514 g/mol. The van der Waals surface area contributed by atoms with Gasteiger partial charge in [0.25, 0.3) is 0 Å². The predicted molar refractivity (Wildman–Crippen MR) is 144 cm³/mol. The molecule has 2 heterocycles. The molecule has 5 aromatic rings. The van der Waals surface area contributed by atoms with E-state index in [4.69, 9.17) is 25.2 Å². The zero-order valence-electron chi connectivity index (χ0n) is 20.7. The van der Waals surface area contributed by atoms with Crippen molar-refractivity contribution in [2.75, 3.05) is 0 Å². The molecule has 0 aliphatic carbocycles. The molecule has 0 radical (unpaired) electrons. The van der Waals surface area contributed by atoms with Gasteiger partial charge in [0.1, 0.15) is 16.7 Å². The highest BCUT2D eigenvalue weighted by Gasteiger charge is 2.24. The van der Waals surface area contributed by atoms with Crippen LogP contribution in [0.2, 0.25) is 5.02 Å². The molecule has 5 rings (SSSR count). The average Bonchev–Trinajstić information content (AvgIpc) is 2.86. The summed E-state index contributed by atoms with van der Waals surface area (Å²) in [5.41, 5.74) is 1.09. The van der Waals surface area contributed by atoms with E-state index in [2.05, 4.69) is 20.8 Å². The van der Waals surface area contributed by atoms with E-state index in [9.17, 15) is 14.4 Å². The fourth-order valence-electron chi connectivity index (χ4n) is 4.05. The summed E-state index contributed by atoms with van der Waals surface area (Å²) in [5.74, 6) is -1.30. The number of para-hydroxylation sites is 1. The summed E-state index contributed by atoms with van der Waals surface area (Å²) in [5, 5.41) is 1.06. The normalized spacial score (nSPS) is 11.7. The van der Waals surface area contributed by atoms with Crippen molar-refractivity contribution in [3.05, 3.63) is 109 Å². The van der Waals surface area contributed by atoms with Crippen LogP contribution in [0.25, 0.3) is 33.3 Å². The van der Waals surface area contributed by atoms with E-state index in [1.165, 1.54) is 12.1 Å². The Morgan fingerprint density at radius 2 is 1.59 bits per heavy atom. The molecule has 7 heteroatoms. The van der Waals surface area contributed by atoms with E-state index in [0.717, 1.165) is 11.1 Å². The average molecular weight is 515 g/mol. The number of hydrogen-bond acceptors (Lipinski definition) is 6. The largest absolute Gasteiger partial charge is 0.452 e. The Balaban J connectivity index is 1.68. The van der Waals surface area contributed by atoms with Gasteiger partial charge in [-0.25, -0.2) is 9.59 Å². The number of hydrogen-bond donors (Lipinski definition) is 0. The lowest BCUT2D eigenvalue weighted by Crippen LogP contribution is -2.22. The minimum Gasteiger partial charge on any atom is -0.452 e. The van der Waals surface area contributed by atoms with Crippen molar-refractivity contribution >= 4 is 39.5 Å². The van der Waals surface area contributed by atoms with Crippen LogP contribution in [0, 0.1) is 6.92 Å². The summed E-state index contributed by atoms with van der Waals surface area (Å²) >= 11 is 6.26. The smallest absolute Gasteiger partial charge is 0.351 e. The maximum absolute atomic E-state index is 13.6. The second-order valence-corrected chi connectivity index (χ2v) is 10.3. The predicted octanol–water partition coefficient (Wildman–Crippen LogP) is 7.04. The molecule has 0 aliphatic rings. The van der Waals surface area contributed by atoms with E-state index in [1.54, 1.807) is 49.4 Å². The maximum Gasteiger partial charge on any atom is 0.351 e. The van der Waals surface area contributed by atoms with Gasteiger partial charge in [0.05, 0.1) is 5.39 Å². The van der Waals surface area contributed by atoms with Crippen LogP contribution in [-0.2, 0) is 5.41 Å². The second kappa shape index (κ2) is 9.05. The van der Waals surface area contributed by atoms with Crippen LogP contribution in [0.4, 0.5) is 0 Å². The van der Waals surface area contributed by atoms with E-state index < -0.39 is 17.0 Å². The molecular weight excluding hydrogens is 492 g/mol. The zero-order chi connectivity index (χ0) is 26.5. The molecule has 6 nitrogen and oxygen atoms in total. The lowest BCUT2D eigenvalue weighted by atomic mass is 9.86. The first-order valence-electron chi connectivity index (χ1n) is 11.7. The summed E-state index contributed by atoms with van der Waals surface area (Å²) in [6.45, 7) is 8.07. The molecular formula is C30H23ClO6. The molecule has 0 spiro atoms. The Hall–Kier alpha value is -4.16. The van der Waals surface area contributed by atoms with E-state index in [0.29, 0.717) is 27.1 Å². The van der Waals surface area contributed by atoms with Gasteiger partial charge in [-0.2, -0.15) is 0 Å². The Morgan fingerprint density at radius 1 is 0.892 bits per heavy atom. The number of rotatable bonds is 3. The minimum atomic E-state index is -1.03. The summed E-state index contributed by atoms with van der Waals surface area (Å²) in [6, 6.07) is 18.8. The van der Waals surface area contributed by atoms with Gasteiger partial charge < -0.3 is 13.6 Å². The van der Waals surface area contributed by atoms with Gasteiger partial charge in [-0.1, -0.05) is 74.8 Å². The molecule has 0 unspecified atom stereocenters. The SMILES string of the molecule is Cc1cc2oc(-c3ccc(C(C)(C)C)cc3)c(OC(=O)c3cc4ccccc4oc3=O)c(=O)c2cc1Cl. The van der Waals surface area contributed by atoms with Gasteiger partial charge in [0.15, 0.2) is 5.76 Å². The molecule has 0 atom stereocenters. The highest BCUT2D eigenvalue weighted by molar-refractivity contribution is 6.32. The van der Waals surface area contributed by atoms with Gasteiger partial charge in [-0.05, 0) is 47.7 Å². The summed E-state index contributed by atoms with van der Waals surface area (Å²) < 4.78 is 17.0. The van der Waals surface area contributed by atoms with Gasteiger partial charge in [0.2, 0.25) is 11.2 Å². The second-order valence-electron chi connectivity index (χ2n) is 9.89. The quantitative estimate of drug-likeness (QED) is 0.189. The van der Waals surface area contributed by atoms with Gasteiger partial charge >= 0.3 is 11.6 Å². The summed E-state index contributed by atoms with van der Waals surface area (Å²) in [4.78, 5) is 39.3. The standard InChI is InChI=1S/C30H23ClO6/c1-16-13-24-20(15-22(16)31)25(32)27(26(35-24)17-9-11-19(12-10-17)30(2,3)4)37-29(34)21-14-18-7-5-6-8-23(18)36-28(21)33/h5-15H,1-4H3. The van der Waals surface area contributed by atoms with Gasteiger partial charge in [-0.15, -0.1) is 0 Å². The number of ether oxygens (including phenoxy) is 1. The van der Waals surface area contributed by atoms with Crippen LogP contribution >= 0.6 is 11.6 Å². The minimum absolute atomic E-state index is 0.0678. The number of halogens is 1. The first kappa shape index (κ1) is 24.5. The van der Waals surface area contributed by atoms with Crippen molar-refractivity contribution in [1.29, 1.82) is 0 Å². The molecule has 0 saturated heterocycles. The van der Waals surface area contributed by atoms with Crippen molar-refractivity contribution < 1.29 is 18.4 Å². The maximum atomic E-state index is 13.6. The molecule has 0 fully saturated rings. The zero-order valence-corrected chi connectivity index (χ0v) is 21.4. The highest BCUT2D eigenvalue weighted by atomic mass is 35.5. The topological polar surface area (TPSA) is 86.7 Å². The van der Waals surface area contributed by atoms with E-state index >= 15 is 0 Å². The van der Waals surface area contributed by atoms with Crippen molar-refractivity contribution in [2.24, 2.45) is 0 Å². The molecule has 3 aromatic carbocycles. The van der Waals surface area contributed by atoms with Crippen LogP contribution in [0.15, 0.2) is 85.2 Å². The van der Waals surface area contributed by atoms with Crippen LogP contribution in [-0.4, -0.2) is 5.97 Å². The van der Waals surface area contributed by atoms with Gasteiger partial charge in [-0.3, -0.25) is 4.79 Å². The number of benzene rings is 3. The summed E-state index contributed by atoms with van der Waals surface area (Å²) in [6.07, 6.45) is 0. The van der Waals surface area contributed by atoms with E-state index in [1.807, 2.05) is 12.1 Å². The Kier molecular flexibility index (Phi) is 6.00. The van der Waals surface area contributed by atoms with Crippen molar-refractivity contribution in [3.8, 4) is 17.1 Å². The third-order valence-corrected chi connectivity index (χ3v) is 6.61. The number of aryl methyl sites for hydroxylation is 1. The molecule has 0 aliphatic heterocycles. The van der Waals surface area contributed by atoms with Crippen molar-refractivity contribution in [1.82, 2.24) is 0 Å². The van der Waals surface area contributed by atoms with Crippen LogP contribution in [0.5, 0.6) is 5.75 Å². The molecule has 0 saturated carbocycles. The molecule has 37 heavy (non-hydrogen) atoms. The molecule has 0 N–H and O–H groups in total. The van der Waals surface area contributed by atoms with Crippen molar-refractivity contribution in [2.45, 2.75) is 33.1 Å². The van der Waals surface area contributed by atoms with Gasteiger partial charge in [0, 0.05) is 16.0 Å². The third-order valence-electron chi connectivity index (χ3n) is 6.20. The molecule has 0 amide bonds. The first-order valence-corrected chi connectivity index (χ1v) is 12.0. The first-order chi connectivity index (χ1) is 17.5. The summed E-state index contributed by atoms with van der Waals surface area (Å²) in [7, 11) is 0. The molecule has 186 valence electrons. The third kappa shape index (κ3) is 4.56. The van der Waals surface area contributed by atoms with Crippen LogP contribution < -0.4 is 15.8 Å². The molecule has 2 aromatic heterocycles. The Labute approximate surface area is 217 Å². The number of carbonyl (C=O) groups excluding carboxylic acids is 1. The molecule has 0 bridgehead atoms. The number of esters is 1. The lowest BCUT2D eigenvalue weighted by molar-refractivity contribution is 0.0727. The van der Waals surface area contributed by atoms with Crippen LogP contribution in [0.1, 0.15) is 42.3 Å². The fraction of sp³-hybridized carbons (Fsp3) is 0.167. The highest BCUT2D eigenvalue weighted by Crippen LogP contribution is 2.34. The van der Waals surface area contributed by atoms with E-state index in [-0.39, 0.29) is 27.9 Å². The fourth-order valence-corrected chi connectivity index (χ4v) is 4.22. The lowest BCUT2D eigenvalue weighted by Gasteiger charge is -2.19. The van der Waals surface area contributed by atoms with Crippen molar-refractivity contribution in [3.63, 3.8) is 0 Å². The number of fused-ring (bicyclic) bond motifs is 2. The Morgan fingerprint density at radius 3 is 2.30 bits per heavy atom. The van der Waals surface area contributed by atoms with Crippen LogP contribution in [0.3, 0.4) is 0 Å².